The Kier molecular flexibility index (Phi) is 3.58. The standard InChI is InChI=1S/C11H17NO3S2/c1-8(7-13)17(14,15)12-5-3-11-10(9(12)2)4-6-16-11/h4,6,8-9,13H,3,5,7H2,1-2H3. The molecule has 17 heavy (non-hydrogen) atoms. The van der Waals surface area contributed by atoms with E-state index in [1.165, 1.54) is 9.18 Å². The van der Waals surface area contributed by atoms with E-state index in [0.717, 1.165) is 12.0 Å². The zero-order valence-corrected chi connectivity index (χ0v) is 11.6. The van der Waals surface area contributed by atoms with Crippen molar-refractivity contribution in [2.75, 3.05) is 13.2 Å². The molecule has 1 aliphatic rings. The van der Waals surface area contributed by atoms with Crippen LogP contribution in [0.3, 0.4) is 0 Å². The maximum atomic E-state index is 12.2. The first-order valence-corrected chi connectivity index (χ1v) is 8.04. The highest BCUT2D eigenvalue weighted by molar-refractivity contribution is 7.89. The van der Waals surface area contributed by atoms with Crippen molar-refractivity contribution in [1.29, 1.82) is 0 Å². The highest BCUT2D eigenvalue weighted by Crippen LogP contribution is 2.35. The monoisotopic (exact) mass is 275 g/mol. The molecule has 0 spiro atoms. The molecule has 0 aromatic carbocycles. The summed E-state index contributed by atoms with van der Waals surface area (Å²) < 4.78 is 26.0. The van der Waals surface area contributed by atoms with Crippen LogP contribution < -0.4 is 0 Å². The highest BCUT2D eigenvalue weighted by Gasteiger charge is 2.36. The lowest BCUT2D eigenvalue weighted by molar-refractivity contribution is 0.278. The van der Waals surface area contributed by atoms with Crippen LogP contribution in [0.2, 0.25) is 0 Å². The lowest BCUT2D eigenvalue weighted by Crippen LogP contribution is -2.43. The zero-order chi connectivity index (χ0) is 12.6. The van der Waals surface area contributed by atoms with Gasteiger partial charge in [-0.2, -0.15) is 4.31 Å². The third-order valence-corrected chi connectivity index (χ3v) is 6.63. The molecule has 2 unspecified atom stereocenters. The van der Waals surface area contributed by atoms with E-state index in [1.54, 1.807) is 18.3 Å². The Morgan fingerprint density at radius 3 is 3.00 bits per heavy atom. The molecule has 0 aliphatic carbocycles. The first-order valence-electron chi connectivity index (χ1n) is 5.66. The van der Waals surface area contributed by atoms with Crippen molar-refractivity contribution in [2.24, 2.45) is 0 Å². The number of nitrogens with zero attached hydrogens (tertiary/aromatic N) is 1. The minimum atomic E-state index is -3.39. The summed E-state index contributed by atoms with van der Waals surface area (Å²) in [4.78, 5) is 1.28. The number of rotatable bonds is 3. The fraction of sp³-hybridized carbons (Fsp3) is 0.636. The minimum absolute atomic E-state index is 0.121. The molecule has 96 valence electrons. The topological polar surface area (TPSA) is 57.6 Å². The minimum Gasteiger partial charge on any atom is -0.395 e. The van der Waals surface area contributed by atoms with Crippen LogP contribution in [0, 0.1) is 0 Å². The van der Waals surface area contributed by atoms with Crippen LogP contribution in [-0.2, 0) is 16.4 Å². The second-order valence-electron chi connectivity index (χ2n) is 4.37. The molecule has 0 saturated heterocycles. The average Bonchev–Trinajstić information content (AvgIpc) is 2.77. The average molecular weight is 275 g/mol. The van der Waals surface area contributed by atoms with Gasteiger partial charge in [-0.1, -0.05) is 0 Å². The van der Waals surface area contributed by atoms with Gasteiger partial charge in [0, 0.05) is 17.5 Å². The lowest BCUT2D eigenvalue weighted by Gasteiger charge is -2.34. The number of hydrogen-bond acceptors (Lipinski definition) is 4. The number of sulfonamides is 1. The molecule has 1 aromatic rings. The van der Waals surface area contributed by atoms with Crippen molar-refractivity contribution >= 4 is 21.4 Å². The van der Waals surface area contributed by atoms with Crippen LogP contribution in [0.1, 0.15) is 30.3 Å². The van der Waals surface area contributed by atoms with Crippen LogP contribution in [-0.4, -0.2) is 36.2 Å². The molecule has 0 bridgehead atoms. The summed E-state index contributed by atoms with van der Waals surface area (Å²) in [5.74, 6) is 0. The quantitative estimate of drug-likeness (QED) is 0.906. The second-order valence-corrected chi connectivity index (χ2v) is 7.68. The smallest absolute Gasteiger partial charge is 0.219 e. The fourth-order valence-electron chi connectivity index (χ4n) is 2.16. The molecule has 4 nitrogen and oxygen atoms in total. The van der Waals surface area contributed by atoms with E-state index in [0.29, 0.717) is 6.54 Å². The molecular weight excluding hydrogens is 258 g/mol. The Morgan fingerprint density at radius 1 is 1.65 bits per heavy atom. The molecule has 2 rings (SSSR count). The van der Waals surface area contributed by atoms with Gasteiger partial charge in [-0.25, -0.2) is 8.42 Å². The van der Waals surface area contributed by atoms with Crippen molar-refractivity contribution in [3.05, 3.63) is 21.9 Å². The summed E-state index contributed by atoms with van der Waals surface area (Å²) in [7, 11) is -3.39. The van der Waals surface area contributed by atoms with E-state index in [4.69, 9.17) is 5.11 Å². The number of thiophene rings is 1. The molecule has 2 heterocycles. The van der Waals surface area contributed by atoms with E-state index in [2.05, 4.69) is 0 Å². The Balaban J connectivity index is 2.32. The second kappa shape index (κ2) is 4.68. The van der Waals surface area contributed by atoms with Crippen LogP contribution in [0.5, 0.6) is 0 Å². The Labute approximate surface area is 106 Å². The molecule has 1 N–H and O–H groups in total. The molecule has 0 radical (unpaired) electrons. The largest absolute Gasteiger partial charge is 0.395 e. The lowest BCUT2D eigenvalue weighted by atomic mass is 10.0. The van der Waals surface area contributed by atoms with Gasteiger partial charge in [0.1, 0.15) is 0 Å². The maximum absolute atomic E-state index is 12.2. The van der Waals surface area contributed by atoms with E-state index >= 15 is 0 Å². The highest BCUT2D eigenvalue weighted by atomic mass is 32.2. The van der Waals surface area contributed by atoms with Crippen molar-refractivity contribution < 1.29 is 13.5 Å². The van der Waals surface area contributed by atoms with Gasteiger partial charge in [0.2, 0.25) is 10.0 Å². The van der Waals surface area contributed by atoms with Gasteiger partial charge in [0.25, 0.3) is 0 Å². The van der Waals surface area contributed by atoms with Crippen molar-refractivity contribution in [3.63, 3.8) is 0 Å². The molecule has 1 aliphatic heterocycles. The van der Waals surface area contributed by atoms with Gasteiger partial charge in [-0.15, -0.1) is 11.3 Å². The van der Waals surface area contributed by atoms with Crippen LogP contribution in [0.4, 0.5) is 0 Å². The van der Waals surface area contributed by atoms with E-state index in [1.807, 2.05) is 18.4 Å². The maximum Gasteiger partial charge on any atom is 0.219 e. The summed E-state index contributed by atoms with van der Waals surface area (Å²) >= 11 is 1.69. The number of aliphatic hydroxyl groups is 1. The summed E-state index contributed by atoms with van der Waals surface area (Å²) in [5, 5.41) is 10.3. The van der Waals surface area contributed by atoms with Crippen LogP contribution >= 0.6 is 11.3 Å². The summed E-state index contributed by atoms with van der Waals surface area (Å²) in [6.07, 6.45) is 0.773. The van der Waals surface area contributed by atoms with Crippen LogP contribution in [0.25, 0.3) is 0 Å². The molecule has 0 fully saturated rings. The first kappa shape index (κ1) is 13.0. The van der Waals surface area contributed by atoms with E-state index in [9.17, 15) is 8.42 Å². The Hall–Kier alpha value is -0.430. The van der Waals surface area contributed by atoms with Crippen molar-refractivity contribution in [3.8, 4) is 0 Å². The molecule has 0 amide bonds. The number of aliphatic hydroxyl groups excluding tert-OH is 1. The van der Waals surface area contributed by atoms with Gasteiger partial charge in [0.15, 0.2) is 0 Å². The van der Waals surface area contributed by atoms with Crippen LogP contribution in [0.15, 0.2) is 11.4 Å². The molecule has 1 aromatic heterocycles. The van der Waals surface area contributed by atoms with E-state index < -0.39 is 15.3 Å². The number of hydrogen-bond donors (Lipinski definition) is 1. The van der Waals surface area contributed by atoms with Gasteiger partial charge >= 0.3 is 0 Å². The van der Waals surface area contributed by atoms with Crippen molar-refractivity contribution in [2.45, 2.75) is 31.6 Å². The third kappa shape index (κ3) is 2.14. The Bertz CT molecular complexity index is 495. The zero-order valence-electron chi connectivity index (χ0n) is 9.96. The Morgan fingerprint density at radius 2 is 2.35 bits per heavy atom. The summed E-state index contributed by atoms with van der Waals surface area (Å²) in [6, 6.07) is 1.87. The summed E-state index contributed by atoms with van der Waals surface area (Å²) in [5.41, 5.74) is 1.11. The molecule has 0 saturated carbocycles. The van der Waals surface area contributed by atoms with Crippen molar-refractivity contribution in [1.82, 2.24) is 4.31 Å². The van der Waals surface area contributed by atoms with E-state index in [-0.39, 0.29) is 12.6 Å². The summed E-state index contributed by atoms with van der Waals surface area (Å²) in [6.45, 7) is 3.64. The molecule has 6 heteroatoms. The molecule has 2 atom stereocenters. The van der Waals surface area contributed by atoms with Gasteiger partial charge in [-0.3, -0.25) is 0 Å². The normalized spacial score (nSPS) is 23.4. The van der Waals surface area contributed by atoms with Gasteiger partial charge < -0.3 is 5.11 Å². The predicted molar refractivity (Wildman–Crippen MR) is 68.6 cm³/mol. The predicted octanol–water partition coefficient (Wildman–Crippen LogP) is 1.38. The van der Waals surface area contributed by atoms with Gasteiger partial charge in [0.05, 0.1) is 11.9 Å². The third-order valence-electron chi connectivity index (χ3n) is 3.31. The number of fused-ring (bicyclic) bond motifs is 1. The SMILES string of the molecule is CC1c2ccsc2CCN1S(=O)(=O)C(C)CO. The van der Waals surface area contributed by atoms with Gasteiger partial charge in [-0.05, 0) is 37.3 Å². The molecular formula is C11H17NO3S2. The fourth-order valence-corrected chi connectivity index (χ4v) is 4.67. The first-order chi connectivity index (χ1) is 7.98.